The van der Waals surface area contributed by atoms with Gasteiger partial charge >= 0.3 is 0 Å². The van der Waals surface area contributed by atoms with E-state index < -0.39 is 0 Å². The molecule has 24 heavy (non-hydrogen) atoms. The van der Waals surface area contributed by atoms with Crippen LogP contribution in [0.15, 0.2) is 48.5 Å². The fourth-order valence-corrected chi connectivity index (χ4v) is 3.36. The SMILES string of the molecule is Cc1nc2ccc(C(=O)N3CCNCC3c3ccccc3)cc2[nH]1. The van der Waals surface area contributed by atoms with Crippen molar-refractivity contribution in [3.8, 4) is 0 Å². The van der Waals surface area contributed by atoms with Crippen molar-refractivity contribution < 1.29 is 4.79 Å². The summed E-state index contributed by atoms with van der Waals surface area (Å²) in [6.07, 6.45) is 0. The van der Waals surface area contributed by atoms with Gasteiger partial charge in [0, 0.05) is 25.2 Å². The molecule has 1 aliphatic rings. The third-order valence-electron chi connectivity index (χ3n) is 4.54. The van der Waals surface area contributed by atoms with E-state index in [9.17, 15) is 4.79 Å². The smallest absolute Gasteiger partial charge is 0.254 e. The van der Waals surface area contributed by atoms with E-state index in [2.05, 4.69) is 27.4 Å². The maximum absolute atomic E-state index is 13.1. The topological polar surface area (TPSA) is 61.0 Å². The first-order valence-electron chi connectivity index (χ1n) is 8.25. The summed E-state index contributed by atoms with van der Waals surface area (Å²) >= 11 is 0. The number of H-pyrrole nitrogens is 1. The van der Waals surface area contributed by atoms with Crippen molar-refractivity contribution in [3.05, 3.63) is 65.5 Å². The number of rotatable bonds is 2. The molecule has 122 valence electrons. The Balaban J connectivity index is 1.67. The van der Waals surface area contributed by atoms with Crippen molar-refractivity contribution >= 4 is 16.9 Å². The van der Waals surface area contributed by atoms with Crippen LogP contribution >= 0.6 is 0 Å². The van der Waals surface area contributed by atoms with Crippen LogP contribution < -0.4 is 5.32 Å². The standard InChI is InChI=1S/C19H20N4O/c1-13-21-16-8-7-15(11-17(16)22-13)19(24)23-10-9-20-12-18(23)14-5-3-2-4-6-14/h2-8,11,18,20H,9-10,12H2,1H3,(H,21,22). The van der Waals surface area contributed by atoms with Gasteiger partial charge in [0.1, 0.15) is 5.82 Å². The minimum absolute atomic E-state index is 0.0617. The summed E-state index contributed by atoms with van der Waals surface area (Å²) in [6.45, 7) is 4.23. The largest absolute Gasteiger partial charge is 0.342 e. The molecule has 2 heterocycles. The summed E-state index contributed by atoms with van der Waals surface area (Å²) in [4.78, 5) is 22.7. The molecule has 0 bridgehead atoms. The molecule has 1 amide bonds. The number of amides is 1. The molecule has 0 spiro atoms. The lowest BCUT2D eigenvalue weighted by molar-refractivity contribution is 0.0634. The molecule has 1 atom stereocenters. The molecule has 1 saturated heterocycles. The van der Waals surface area contributed by atoms with Crippen molar-refractivity contribution in [2.45, 2.75) is 13.0 Å². The lowest BCUT2D eigenvalue weighted by Gasteiger charge is -2.36. The van der Waals surface area contributed by atoms with Crippen LogP contribution in [0.25, 0.3) is 11.0 Å². The molecule has 1 fully saturated rings. The number of benzene rings is 2. The number of nitrogens with zero attached hydrogens (tertiary/aromatic N) is 2. The number of carbonyl (C=O) groups excluding carboxylic acids is 1. The predicted molar refractivity (Wildman–Crippen MR) is 93.9 cm³/mol. The number of imidazole rings is 1. The molecule has 0 radical (unpaired) electrons. The molecule has 0 aliphatic carbocycles. The average Bonchev–Trinajstić information content (AvgIpc) is 3.01. The maximum Gasteiger partial charge on any atom is 0.254 e. The summed E-state index contributed by atoms with van der Waals surface area (Å²) in [7, 11) is 0. The highest BCUT2D eigenvalue weighted by atomic mass is 16.2. The van der Waals surface area contributed by atoms with Gasteiger partial charge in [0.2, 0.25) is 0 Å². The molecular weight excluding hydrogens is 300 g/mol. The summed E-state index contributed by atoms with van der Waals surface area (Å²) in [5.41, 5.74) is 3.67. The van der Waals surface area contributed by atoms with Gasteiger partial charge in [-0.25, -0.2) is 4.98 Å². The van der Waals surface area contributed by atoms with Crippen LogP contribution in [-0.4, -0.2) is 40.4 Å². The van der Waals surface area contributed by atoms with E-state index in [1.807, 2.05) is 48.2 Å². The van der Waals surface area contributed by atoms with E-state index in [-0.39, 0.29) is 11.9 Å². The van der Waals surface area contributed by atoms with Crippen molar-refractivity contribution in [3.63, 3.8) is 0 Å². The third kappa shape index (κ3) is 2.67. The highest BCUT2D eigenvalue weighted by molar-refractivity contribution is 5.97. The average molecular weight is 320 g/mol. The quantitative estimate of drug-likeness (QED) is 0.763. The first-order valence-corrected chi connectivity index (χ1v) is 8.25. The number of hydrogen-bond donors (Lipinski definition) is 2. The number of hydrogen-bond acceptors (Lipinski definition) is 3. The van der Waals surface area contributed by atoms with Crippen LogP contribution in [0.2, 0.25) is 0 Å². The normalized spacial score (nSPS) is 18.0. The van der Waals surface area contributed by atoms with Crippen LogP contribution in [0, 0.1) is 6.92 Å². The Morgan fingerprint density at radius 3 is 2.88 bits per heavy atom. The van der Waals surface area contributed by atoms with E-state index >= 15 is 0 Å². The molecule has 3 aromatic rings. The Hall–Kier alpha value is -2.66. The van der Waals surface area contributed by atoms with Gasteiger partial charge in [-0.05, 0) is 30.7 Å². The molecular formula is C19H20N4O. The molecule has 5 nitrogen and oxygen atoms in total. The number of aromatic amines is 1. The summed E-state index contributed by atoms with van der Waals surface area (Å²) < 4.78 is 0. The van der Waals surface area contributed by atoms with Gasteiger partial charge in [0.25, 0.3) is 5.91 Å². The van der Waals surface area contributed by atoms with E-state index in [0.717, 1.165) is 35.5 Å². The van der Waals surface area contributed by atoms with Crippen molar-refractivity contribution in [2.24, 2.45) is 0 Å². The Bertz CT molecular complexity index is 871. The first kappa shape index (κ1) is 14.9. The fourth-order valence-electron chi connectivity index (χ4n) is 3.36. The number of aromatic nitrogens is 2. The second-order valence-corrected chi connectivity index (χ2v) is 6.18. The Kier molecular flexibility index (Phi) is 3.78. The van der Waals surface area contributed by atoms with Gasteiger partial charge in [-0.15, -0.1) is 0 Å². The third-order valence-corrected chi connectivity index (χ3v) is 4.54. The molecule has 1 aromatic heterocycles. The summed E-state index contributed by atoms with van der Waals surface area (Å²) in [5.74, 6) is 0.929. The van der Waals surface area contributed by atoms with Gasteiger partial charge < -0.3 is 15.2 Å². The number of fused-ring (bicyclic) bond motifs is 1. The molecule has 2 aromatic carbocycles. The molecule has 0 saturated carbocycles. The minimum atomic E-state index is 0.0617. The lowest BCUT2D eigenvalue weighted by Crippen LogP contribution is -2.48. The minimum Gasteiger partial charge on any atom is -0.342 e. The van der Waals surface area contributed by atoms with Gasteiger partial charge in [-0.1, -0.05) is 30.3 Å². The summed E-state index contributed by atoms with van der Waals surface area (Å²) in [6, 6.07) is 16.0. The van der Waals surface area contributed by atoms with Gasteiger partial charge in [-0.3, -0.25) is 4.79 Å². The second kappa shape index (κ2) is 6.09. The fraction of sp³-hybridized carbons (Fsp3) is 0.263. The summed E-state index contributed by atoms with van der Waals surface area (Å²) in [5, 5.41) is 3.39. The maximum atomic E-state index is 13.1. The zero-order chi connectivity index (χ0) is 16.5. The van der Waals surface area contributed by atoms with E-state index in [4.69, 9.17) is 0 Å². The van der Waals surface area contributed by atoms with Crippen molar-refractivity contribution in [1.82, 2.24) is 20.2 Å². The Labute approximate surface area is 140 Å². The predicted octanol–water partition coefficient (Wildman–Crippen LogP) is 2.66. The van der Waals surface area contributed by atoms with Crippen LogP contribution in [0.4, 0.5) is 0 Å². The second-order valence-electron chi connectivity index (χ2n) is 6.18. The monoisotopic (exact) mass is 320 g/mol. The van der Waals surface area contributed by atoms with E-state index in [1.54, 1.807) is 0 Å². The number of carbonyl (C=O) groups is 1. The zero-order valence-electron chi connectivity index (χ0n) is 13.6. The lowest BCUT2D eigenvalue weighted by atomic mass is 10.0. The van der Waals surface area contributed by atoms with E-state index in [1.165, 1.54) is 0 Å². The van der Waals surface area contributed by atoms with Crippen molar-refractivity contribution in [2.75, 3.05) is 19.6 Å². The number of aryl methyl sites for hydroxylation is 1. The van der Waals surface area contributed by atoms with Gasteiger partial charge in [0.15, 0.2) is 0 Å². The molecule has 4 rings (SSSR count). The van der Waals surface area contributed by atoms with Crippen molar-refractivity contribution in [1.29, 1.82) is 0 Å². The molecule has 1 unspecified atom stereocenters. The molecule has 5 heteroatoms. The molecule has 2 N–H and O–H groups in total. The highest BCUT2D eigenvalue weighted by Gasteiger charge is 2.28. The van der Waals surface area contributed by atoms with Crippen LogP contribution in [0.5, 0.6) is 0 Å². The number of nitrogens with one attached hydrogen (secondary N) is 2. The number of piperazine rings is 1. The van der Waals surface area contributed by atoms with Crippen LogP contribution in [0.1, 0.15) is 27.8 Å². The zero-order valence-corrected chi connectivity index (χ0v) is 13.6. The van der Waals surface area contributed by atoms with Crippen LogP contribution in [0.3, 0.4) is 0 Å². The van der Waals surface area contributed by atoms with E-state index in [0.29, 0.717) is 12.1 Å². The van der Waals surface area contributed by atoms with Gasteiger partial charge in [-0.2, -0.15) is 0 Å². The van der Waals surface area contributed by atoms with Crippen LogP contribution in [-0.2, 0) is 0 Å². The Morgan fingerprint density at radius 1 is 1.21 bits per heavy atom. The highest BCUT2D eigenvalue weighted by Crippen LogP contribution is 2.25. The van der Waals surface area contributed by atoms with Gasteiger partial charge in [0.05, 0.1) is 17.1 Å². The Morgan fingerprint density at radius 2 is 2.04 bits per heavy atom. The first-order chi connectivity index (χ1) is 11.7. The molecule has 1 aliphatic heterocycles.